The van der Waals surface area contributed by atoms with E-state index in [-0.39, 0.29) is 5.78 Å². The first kappa shape index (κ1) is 11.7. The molecule has 0 fully saturated rings. The summed E-state index contributed by atoms with van der Waals surface area (Å²) >= 11 is 0. The maximum atomic E-state index is 12.3. The number of hydrogen-bond donors (Lipinski definition) is 0. The topological polar surface area (TPSA) is 43.4 Å². The van der Waals surface area contributed by atoms with Gasteiger partial charge in [0, 0.05) is 11.1 Å². The van der Waals surface area contributed by atoms with Crippen LogP contribution in [0.1, 0.15) is 31.8 Å². The molecule has 3 rings (SSSR count). The zero-order valence-corrected chi connectivity index (χ0v) is 10.7. The van der Waals surface area contributed by atoms with Gasteiger partial charge in [-0.2, -0.15) is 0 Å². The van der Waals surface area contributed by atoms with Crippen molar-refractivity contribution in [2.45, 2.75) is 6.92 Å². The van der Waals surface area contributed by atoms with Crippen LogP contribution >= 0.6 is 0 Å². The van der Waals surface area contributed by atoms with E-state index >= 15 is 0 Å². The number of carbonyl (C=O) groups is 2. The second-order valence-electron chi connectivity index (χ2n) is 4.58. The second-order valence-corrected chi connectivity index (χ2v) is 4.58. The van der Waals surface area contributed by atoms with Gasteiger partial charge in [0.1, 0.15) is 0 Å². The monoisotopic (exact) mass is 252 g/mol. The Balaban J connectivity index is 2.27. The second kappa shape index (κ2) is 4.05. The van der Waals surface area contributed by atoms with E-state index in [1.807, 2.05) is 25.1 Å². The van der Waals surface area contributed by atoms with Crippen molar-refractivity contribution in [1.82, 2.24) is 0 Å². The van der Waals surface area contributed by atoms with Gasteiger partial charge in [-0.3, -0.25) is 4.79 Å². The lowest BCUT2D eigenvalue weighted by Crippen LogP contribution is -2.02. The van der Waals surface area contributed by atoms with Gasteiger partial charge >= 0.3 is 5.97 Å². The predicted octanol–water partition coefficient (Wildman–Crippen LogP) is 2.99. The fourth-order valence-electron chi connectivity index (χ4n) is 2.55. The Labute approximate surface area is 110 Å². The van der Waals surface area contributed by atoms with Crippen LogP contribution in [0.5, 0.6) is 0 Å². The predicted molar refractivity (Wildman–Crippen MR) is 71.4 cm³/mol. The lowest BCUT2D eigenvalue weighted by Gasteiger charge is -2.05. The molecule has 1 aliphatic rings. The van der Waals surface area contributed by atoms with Crippen molar-refractivity contribution in [3.05, 3.63) is 58.7 Å². The molecule has 0 aliphatic heterocycles. The molecule has 0 radical (unpaired) electrons. The molecule has 2 aromatic rings. The highest BCUT2D eigenvalue weighted by Gasteiger charge is 2.28. The number of methoxy groups -OCH3 is 1. The third kappa shape index (κ3) is 1.58. The molecule has 3 nitrogen and oxygen atoms in total. The van der Waals surface area contributed by atoms with Crippen LogP contribution in [0.4, 0.5) is 0 Å². The molecule has 0 bridgehead atoms. The normalized spacial score (nSPS) is 12.0. The molecule has 0 heterocycles. The van der Waals surface area contributed by atoms with Crippen molar-refractivity contribution in [1.29, 1.82) is 0 Å². The smallest absolute Gasteiger partial charge is 0.337 e. The van der Waals surface area contributed by atoms with Gasteiger partial charge in [-0.25, -0.2) is 4.79 Å². The van der Waals surface area contributed by atoms with Gasteiger partial charge in [0.05, 0.1) is 12.7 Å². The van der Waals surface area contributed by atoms with E-state index < -0.39 is 5.97 Å². The summed E-state index contributed by atoms with van der Waals surface area (Å²) in [6.45, 7) is 1.96. The average Bonchev–Trinajstić information content (AvgIpc) is 2.72. The van der Waals surface area contributed by atoms with Crippen molar-refractivity contribution >= 4 is 11.8 Å². The maximum Gasteiger partial charge on any atom is 0.337 e. The van der Waals surface area contributed by atoms with Crippen molar-refractivity contribution in [3.8, 4) is 11.1 Å². The van der Waals surface area contributed by atoms with Crippen molar-refractivity contribution in [2.24, 2.45) is 0 Å². The molecule has 94 valence electrons. The first-order valence-electron chi connectivity index (χ1n) is 6.00. The number of ketones is 1. The largest absolute Gasteiger partial charge is 0.465 e. The highest BCUT2D eigenvalue weighted by Crippen LogP contribution is 2.39. The molecule has 0 unspecified atom stereocenters. The highest BCUT2D eigenvalue weighted by molar-refractivity contribution is 6.22. The fourth-order valence-corrected chi connectivity index (χ4v) is 2.55. The van der Waals surface area contributed by atoms with Crippen LogP contribution in [-0.4, -0.2) is 18.9 Å². The number of ether oxygens (including phenoxy) is 1. The summed E-state index contributed by atoms with van der Waals surface area (Å²) < 4.78 is 4.72. The standard InChI is InChI=1S/C16H12O3/c1-9-4-3-5-12-14(9)13-8-10(16(18)19-2)6-7-11(13)15(12)17/h3-8H,1-2H3. The Kier molecular flexibility index (Phi) is 2.49. The number of esters is 1. The van der Waals surface area contributed by atoms with Crippen LogP contribution in [0.15, 0.2) is 36.4 Å². The van der Waals surface area contributed by atoms with Gasteiger partial charge in [-0.05, 0) is 41.8 Å². The molecule has 0 saturated heterocycles. The molecule has 19 heavy (non-hydrogen) atoms. The lowest BCUT2D eigenvalue weighted by atomic mass is 9.99. The number of rotatable bonds is 1. The average molecular weight is 252 g/mol. The van der Waals surface area contributed by atoms with Crippen LogP contribution in [0, 0.1) is 6.92 Å². The molecule has 3 heteroatoms. The van der Waals surface area contributed by atoms with E-state index in [0.717, 1.165) is 16.7 Å². The van der Waals surface area contributed by atoms with Gasteiger partial charge < -0.3 is 4.74 Å². The number of benzene rings is 2. The lowest BCUT2D eigenvalue weighted by molar-refractivity contribution is 0.0600. The molecule has 0 N–H and O–H groups in total. The maximum absolute atomic E-state index is 12.3. The number of fused-ring (bicyclic) bond motifs is 3. The van der Waals surface area contributed by atoms with E-state index in [1.165, 1.54) is 7.11 Å². The molecule has 0 amide bonds. The summed E-state index contributed by atoms with van der Waals surface area (Å²) in [5.74, 6) is -0.373. The minimum Gasteiger partial charge on any atom is -0.465 e. The Bertz CT molecular complexity index is 714. The molecular weight excluding hydrogens is 240 g/mol. The summed E-state index contributed by atoms with van der Waals surface area (Å²) in [7, 11) is 1.35. The van der Waals surface area contributed by atoms with Crippen molar-refractivity contribution < 1.29 is 14.3 Å². The van der Waals surface area contributed by atoms with Crippen LogP contribution in [-0.2, 0) is 4.74 Å². The minimum absolute atomic E-state index is 0.0186. The number of carbonyl (C=O) groups excluding carboxylic acids is 2. The van der Waals surface area contributed by atoms with Gasteiger partial charge in [-0.15, -0.1) is 0 Å². The SMILES string of the molecule is COC(=O)c1ccc2c(c1)-c1c(C)cccc1C2=O. The van der Waals surface area contributed by atoms with E-state index in [4.69, 9.17) is 4.74 Å². The first-order valence-corrected chi connectivity index (χ1v) is 6.00. The zero-order valence-electron chi connectivity index (χ0n) is 10.7. The Hall–Kier alpha value is -2.42. The molecule has 0 aromatic heterocycles. The highest BCUT2D eigenvalue weighted by atomic mass is 16.5. The summed E-state index contributed by atoms with van der Waals surface area (Å²) in [6.07, 6.45) is 0. The Morgan fingerprint density at radius 2 is 1.84 bits per heavy atom. The zero-order chi connectivity index (χ0) is 13.6. The molecule has 0 spiro atoms. The van der Waals surface area contributed by atoms with Crippen LogP contribution < -0.4 is 0 Å². The third-order valence-electron chi connectivity index (χ3n) is 3.47. The fraction of sp³-hybridized carbons (Fsp3) is 0.125. The van der Waals surface area contributed by atoms with E-state index in [9.17, 15) is 9.59 Å². The Morgan fingerprint density at radius 1 is 1.05 bits per heavy atom. The Morgan fingerprint density at radius 3 is 2.58 bits per heavy atom. The summed E-state index contributed by atoms with van der Waals surface area (Å²) in [5, 5.41) is 0. The summed E-state index contributed by atoms with van der Waals surface area (Å²) in [6, 6.07) is 10.7. The molecule has 2 aromatic carbocycles. The van der Waals surface area contributed by atoms with E-state index in [1.54, 1.807) is 18.2 Å². The van der Waals surface area contributed by atoms with Crippen molar-refractivity contribution in [2.75, 3.05) is 7.11 Å². The molecule has 0 atom stereocenters. The van der Waals surface area contributed by atoms with E-state index in [2.05, 4.69) is 0 Å². The molecule has 1 aliphatic carbocycles. The molecule has 0 saturated carbocycles. The van der Waals surface area contributed by atoms with Gasteiger partial charge in [0.25, 0.3) is 0 Å². The summed E-state index contributed by atoms with van der Waals surface area (Å²) in [4.78, 5) is 23.9. The van der Waals surface area contributed by atoms with Crippen LogP contribution in [0.2, 0.25) is 0 Å². The van der Waals surface area contributed by atoms with Gasteiger partial charge in [0.15, 0.2) is 5.78 Å². The number of aryl methyl sites for hydroxylation is 1. The third-order valence-corrected chi connectivity index (χ3v) is 3.47. The van der Waals surface area contributed by atoms with Gasteiger partial charge in [0.2, 0.25) is 0 Å². The van der Waals surface area contributed by atoms with Gasteiger partial charge in [-0.1, -0.05) is 18.2 Å². The molecular formula is C16H12O3. The minimum atomic E-state index is -0.391. The number of hydrogen-bond acceptors (Lipinski definition) is 3. The summed E-state index contributed by atoms with van der Waals surface area (Å²) in [5.41, 5.74) is 4.60. The quantitative estimate of drug-likeness (QED) is 0.625. The van der Waals surface area contributed by atoms with Crippen molar-refractivity contribution in [3.63, 3.8) is 0 Å². The van der Waals surface area contributed by atoms with E-state index in [0.29, 0.717) is 16.7 Å². The first-order chi connectivity index (χ1) is 9.13. The van der Waals surface area contributed by atoms with Crippen LogP contribution in [0.25, 0.3) is 11.1 Å². The van der Waals surface area contributed by atoms with Crippen LogP contribution in [0.3, 0.4) is 0 Å².